The summed E-state index contributed by atoms with van der Waals surface area (Å²) in [5.74, 6) is -0.228. The van der Waals surface area contributed by atoms with Gasteiger partial charge in [0, 0.05) is 24.9 Å². The van der Waals surface area contributed by atoms with Gasteiger partial charge in [0.1, 0.15) is 5.82 Å². The van der Waals surface area contributed by atoms with Crippen LogP contribution in [0, 0.1) is 11.7 Å². The molecular weight excluding hydrogens is 285 g/mol. The number of benzene rings is 1. The minimum absolute atomic E-state index is 0.229. The second-order valence-corrected chi connectivity index (χ2v) is 6.20. The highest BCUT2D eigenvalue weighted by Gasteiger charge is 2.44. The Hall–Kier alpha value is -1.62. The number of halogens is 1. The number of fused-ring (bicyclic) bond motifs is 2. The Morgan fingerprint density at radius 2 is 2.27 bits per heavy atom. The van der Waals surface area contributed by atoms with Crippen LogP contribution in [-0.2, 0) is 16.0 Å². The number of esters is 1. The average Bonchev–Trinajstić information content (AvgIpc) is 3.04. The van der Waals surface area contributed by atoms with Gasteiger partial charge in [0.15, 0.2) is 0 Å². The summed E-state index contributed by atoms with van der Waals surface area (Å²) in [4.78, 5) is 13.4. The van der Waals surface area contributed by atoms with Crippen LogP contribution in [0.1, 0.15) is 31.7 Å². The van der Waals surface area contributed by atoms with Gasteiger partial charge in [0.05, 0.1) is 18.4 Å². The molecule has 2 fully saturated rings. The number of nitrogens with zero attached hydrogens (tertiary/aromatic N) is 1. The van der Waals surface area contributed by atoms with E-state index in [0.717, 1.165) is 24.9 Å². The number of carbonyl (C=O) groups is 1. The van der Waals surface area contributed by atoms with Crippen molar-refractivity contribution in [3.63, 3.8) is 0 Å². The standard InChI is InChI=1S/C17H22FNO3/c1-2-22-17(21)6-4-11-3-5-15(14(18)7-11)19-10-12-8-13(19)9-16(12)20/h3,5,7,12-13,16,20H,2,4,6,8-10H2,1H3/t12-,13-,16+/m0/s1. The van der Waals surface area contributed by atoms with Crippen LogP contribution in [0.3, 0.4) is 0 Å². The molecule has 0 amide bonds. The van der Waals surface area contributed by atoms with Crippen molar-refractivity contribution < 1.29 is 19.0 Å². The molecule has 5 heteroatoms. The number of aliphatic hydroxyl groups excluding tert-OH is 1. The van der Waals surface area contributed by atoms with E-state index in [-0.39, 0.29) is 36.3 Å². The molecule has 1 heterocycles. The minimum atomic E-state index is -0.252. The van der Waals surface area contributed by atoms with E-state index in [9.17, 15) is 14.3 Å². The zero-order valence-electron chi connectivity index (χ0n) is 12.8. The molecule has 4 nitrogen and oxygen atoms in total. The monoisotopic (exact) mass is 307 g/mol. The van der Waals surface area contributed by atoms with E-state index < -0.39 is 0 Å². The Morgan fingerprint density at radius 3 is 2.86 bits per heavy atom. The third kappa shape index (κ3) is 2.95. The van der Waals surface area contributed by atoms with Crippen LogP contribution in [0.5, 0.6) is 0 Å². The first kappa shape index (κ1) is 15.3. The van der Waals surface area contributed by atoms with Gasteiger partial charge in [0.2, 0.25) is 0 Å². The fourth-order valence-corrected chi connectivity index (χ4v) is 3.64. The zero-order chi connectivity index (χ0) is 15.7. The normalized spacial score (nSPS) is 26.5. The van der Waals surface area contributed by atoms with Crippen molar-refractivity contribution in [1.29, 1.82) is 0 Å². The fraction of sp³-hybridized carbons (Fsp3) is 0.588. The molecule has 1 aliphatic heterocycles. The fourth-order valence-electron chi connectivity index (χ4n) is 3.64. The van der Waals surface area contributed by atoms with Gasteiger partial charge < -0.3 is 14.7 Å². The highest BCUT2D eigenvalue weighted by molar-refractivity contribution is 5.69. The molecule has 2 bridgehead atoms. The van der Waals surface area contributed by atoms with E-state index in [1.54, 1.807) is 13.0 Å². The van der Waals surface area contributed by atoms with Crippen molar-refractivity contribution >= 4 is 11.7 Å². The van der Waals surface area contributed by atoms with Gasteiger partial charge >= 0.3 is 5.97 Å². The van der Waals surface area contributed by atoms with Crippen LogP contribution in [0.25, 0.3) is 0 Å². The van der Waals surface area contributed by atoms with Crippen LogP contribution in [0.15, 0.2) is 18.2 Å². The van der Waals surface area contributed by atoms with Crippen molar-refractivity contribution in [3.8, 4) is 0 Å². The van der Waals surface area contributed by atoms with Crippen LogP contribution < -0.4 is 4.90 Å². The number of hydrogen-bond acceptors (Lipinski definition) is 4. The van der Waals surface area contributed by atoms with Crippen LogP contribution >= 0.6 is 0 Å². The molecule has 1 aromatic carbocycles. The summed E-state index contributed by atoms with van der Waals surface area (Å²) in [6, 6.07) is 5.43. The van der Waals surface area contributed by atoms with Crippen molar-refractivity contribution in [2.45, 2.75) is 44.8 Å². The van der Waals surface area contributed by atoms with Crippen LogP contribution in [0.4, 0.5) is 10.1 Å². The number of ether oxygens (including phenoxy) is 1. The van der Waals surface area contributed by atoms with Gasteiger partial charge in [-0.25, -0.2) is 4.39 Å². The summed E-state index contributed by atoms with van der Waals surface area (Å²) in [5, 5.41) is 9.80. The summed E-state index contributed by atoms with van der Waals surface area (Å²) in [6.45, 7) is 2.87. The quantitative estimate of drug-likeness (QED) is 0.848. The van der Waals surface area contributed by atoms with Gasteiger partial charge in [-0.2, -0.15) is 0 Å². The zero-order valence-corrected chi connectivity index (χ0v) is 12.8. The number of aryl methyl sites for hydroxylation is 1. The highest BCUT2D eigenvalue weighted by Crippen LogP contribution is 2.41. The second-order valence-electron chi connectivity index (χ2n) is 6.20. The molecule has 22 heavy (non-hydrogen) atoms. The lowest BCUT2D eigenvalue weighted by molar-refractivity contribution is -0.143. The van der Waals surface area contributed by atoms with E-state index in [1.807, 2.05) is 6.07 Å². The summed E-state index contributed by atoms with van der Waals surface area (Å²) in [6.07, 6.45) is 2.21. The average molecular weight is 307 g/mol. The Balaban J connectivity index is 1.64. The Bertz CT molecular complexity index is 561. The Labute approximate surface area is 129 Å². The summed E-state index contributed by atoms with van der Waals surface area (Å²) in [5.41, 5.74) is 1.41. The van der Waals surface area contributed by atoms with Gasteiger partial charge in [-0.1, -0.05) is 6.07 Å². The maximum absolute atomic E-state index is 14.4. The lowest BCUT2D eigenvalue weighted by Gasteiger charge is -2.31. The molecule has 0 aromatic heterocycles. The van der Waals surface area contributed by atoms with E-state index in [0.29, 0.717) is 18.7 Å². The van der Waals surface area contributed by atoms with E-state index >= 15 is 0 Å². The number of rotatable bonds is 5. The van der Waals surface area contributed by atoms with Crippen molar-refractivity contribution in [3.05, 3.63) is 29.6 Å². The lowest BCUT2D eigenvalue weighted by atomic mass is 10.0. The molecule has 1 aliphatic carbocycles. The van der Waals surface area contributed by atoms with Crippen LogP contribution in [-0.4, -0.2) is 36.4 Å². The predicted molar refractivity (Wildman–Crippen MR) is 81.2 cm³/mol. The maximum Gasteiger partial charge on any atom is 0.306 e. The van der Waals surface area contributed by atoms with Gasteiger partial charge in [-0.3, -0.25) is 4.79 Å². The topological polar surface area (TPSA) is 49.8 Å². The molecule has 0 spiro atoms. The molecule has 3 rings (SSSR count). The number of aliphatic hydroxyl groups is 1. The summed E-state index contributed by atoms with van der Waals surface area (Å²) >= 11 is 0. The molecule has 0 unspecified atom stereocenters. The number of piperidine rings is 1. The first-order valence-electron chi connectivity index (χ1n) is 7.97. The minimum Gasteiger partial charge on any atom is -0.466 e. The van der Waals surface area contributed by atoms with Crippen LogP contribution in [0.2, 0.25) is 0 Å². The number of hydrogen-bond donors (Lipinski definition) is 1. The highest BCUT2D eigenvalue weighted by atomic mass is 19.1. The van der Waals surface area contributed by atoms with Gasteiger partial charge in [-0.05, 0) is 43.9 Å². The van der Waals surface area contributed by atoms with Crippen molar-refractivity contribution in [2.75, 3.05) is 18.1 Å². The Kier molecular flexibility index (Phi) is 4.34. The van der Waals surface area contributed by atoms with Gasteiger partial charge in [-0.15, -0.1) is 0 Å². The number of carbonyl (C=O) groups excluding carboxylic acids is 1. The largest absolute Gasteiger partial charge is 0.466 e. The molecule has 3 atom stereocenters. The third-order valence-corrected chi connectivity index (χ3v) is 4.75. The molecule has 1 saturated carbocycles. The SMILES string of the molecule is CCOC(=O)CCc1ccc(N2C[C@@H]3C[C@H]2C[C@H]3O)c(F)c1. The van der Waals surface area contributed by atoms with E-state index in [4.69, 9.17) is 4.74 Å². The third-order valence-electron chi connectivity index (χ3n) is 4.75. The van der Waals surface area contributed by atoms with Gasteiger partial charge in [0.25, 0.3) is 0 Å². The molecule has 1 N–H and O–H groups in total. The van der Waals surface area contributed by atoms with Crippen molar-refractivity contribution in [2.24, 2.45) is 5.92 Å². The maximum atomic E-state index is 14.4. The first-order valence-corrected chi connectivity index (χ1v) is 7.97. The predicted octanol–water partition coefficient (Wildman–Crippen LogP) is 2.28. The summed E-state index contributed by atoms with van der Waals surface area (Å²) in [7, 11) is 0. The number of anilines is 1. The first-order chi connectivity index (χ1) is 10.6. The smallest absolute Gasteiger partial charge is 0.306 e. The molecular formula is C17H22FNO3. The lowest BCUT2D eigenvalue weighted by Crippen LogP contribution is -2.37. The molecule has 120 valence electrons. The van der Waals surface area contributed by atoms with Crippen molar-refractivity contribution in [1.82, 2.24) is 0 Å². The Morgan fingerprint density at radius 1 is 1.45 bits per heavy atom. The van der Waals surface area contributed by atoms with E-state index in [1.165, 1.54) is 6.07 Å². The molecule has 0 radical (unpaired) electrons. The molecule has 2 aliphatic rings. The molecule has 1 aromatic rings. The van der Waals surface area contributed by atoms with E-state index in [2.05, 4.69) is 4.90 Å². The molecule has 1 saturated heterocycles. The summed E-state index contributed by atoms with van der Waals surface area (Å²) < 4.78 is 19.3. The second kappa shape index (κ2) is 6.24.